The first-order valence-electron chi connectivity index (χ1n) is 4.26. The zero-order chi connectivity index (χ0) is 8.60. The largest absolute Gasteiger partial charge is 0.417 e. The molecule has 0 saturated heterocycles. The Bertz CT molecular complexity index is 302. The summed E-state index contributed by atoms with van der Waals surface area (Å²) in [6, 6.07) is 4.14. The standard InChI is InChI=1S/C9H13NOSi/c1-9(11-12)5-4-7-3-2-6-10-8(7)9/h2-3,6H,4-5H2,1,12H3/t9-/m1/s1. The van der Waals surface area contributed by atoms with E-state index in [1.54, 1.807) is 0 Å². The molecule has 0 radical (unpaired) electrons. The molecule has 1 atom stereocenters. The average molecular weight is 179 g/mol. The van der Waals surface area contributed by atoms with Gasteiger partial charge in [-0.05, 0) is 31.4 Å². The maximum Gasteiger partial charge on any atom is 0.147 e. The molecule has 1 aliphatic rings. The van der Waals surface area contributed by atoms with Crippen molar-refractivity contribution >= 4 is 10.5 Å². The second-order valence-corrected chi connectivity index (χ2v) is 3.85. The van der Waals surface area contributed by atoms with Crippen molar-refractivity contribution in [2.75, 3.05) is 0 Å². The summed E-state index contributed by atoms with van der Waals surface area (Å²) in [5.74, 6) is 0. The van der Waals surface area contributed by atoms with Crippen LogP contribution in [0.2, 0.25) is 0 Å². The molecule has 1 aromatic rings. The Morgan fingerprint density at radius 2 is 2.50 bits per heavy atom. The van der Waals surface area contributed by atoms with Crippen LogP contribution in [-0.4, -0.2) is 15.5 Å². The molecule has 2 rings (SSSR count). The van der Waals surface area contributed by atoms with Crippen LogP contribution in [0, 0.1) is 0 Å². The van der Waals surface area contributed by atoms with E-state index in [9.17, 15) is 0 Å². The molecule has 0 fully saturated rings. The summed E-state index contributed by atoms with van der Waals surface area (Å²) in [5, 5.41) is 0. The van der Waals surface area contributed by atoms with Gasteiger partial charge in [0.1, 0.15) is 10.5 Å². The maximum atomic E-state index is 5.60. The normalized spacial score (nSPS) is 27.4. The van der Waals surface area contributed by atoms with E-state index in [0.717, 1.165) is 29.0 Å². The first kappa shape index (κ1) is 7.95. The van der Waals surface area contributed by atoms with Crippen molar-refractivity contribution in [3.05, 3.63) is 29.6 Å². The number of aromatic nitrogens is 1. The summed E-state index contributed by atoms with van der Waals surface area (Å²) in [5.41, 5.74) is 2.43. The Labute approximate surface area is 75.5 Å². The van der Waals surface area contributed by atoms with Crippen molar-refractivity contribution in [1.29, 1.82) is 0 Å². The Hall–Kier alpha value is -0.673. The van der Waals surface area contributed by atoms with Crippen LogP contribution in [0.4, 0.5) is 0 Å². The number of hydrogen-bond acceptors (Lipinski definition) is 2. The van der Waals surface area contributed by atoms with Crippen LogP contribution in [0.1, 0.15) is 24.6 Å². The van der Waals surface area contributed by atoms with E-state index in [1.807, 2.05) is 12.3 Å². The number of hydrogen-bond donors (Lipinski definition) is 0. The third-order valence-electron chi connectivity index (χ3n) is 2.71. The van der Waals surface area contributed by atoms with Gasteiger partial charge < -0.3 is 4.43 Å². The lowest BCUT2D eigenvalue weighted by atomic mass is 10.0. The van der Waals surface area contributed by atoms with Crippen molar-refractivity contribution in [1.82, 2.24) is 4.98 Å². The minimum Gasteiger partial charge on any atom is -0.417 e. The van der Waals surface area contributed by atoms with Gasteiger partial charge in [-0.25, -0.2) is 0 Å². The van der Waals surface area contributed by atoms with E-state index in [4.69, 9.17) is 4.43 Å². The van der Waals surface area contributed by atoms with Gasteiger partial charge in [-0.3, -0.25) is 4.98 Å². The molecule has 64 valence electrons. The number of nitrogens with zero attached hydrogens (tertiary/aromatic N) is 1. The second kappa shape index (κ2) is 2.67. The summed E-state index contributed by atoms with van der Waals surface area (Å²) in [7, 11) is 0.785. The Morgan fingerprint density at radius 3 is 3.25 bits per heavy atom. The predicted molar refractivity (Wildman–Crippen MR) is 50.9 cm³/mol. The number of fused-ring (bicyclic) bond motifs is 1. The summed E-state index contributed by atoms with van der Waals surface area (Å²) in [6.07, 6.45) is 4.05. The van der Waals surface area contributed by atoms with Gasteiger partial charge in [0, 0.05) is 6.20 Å². The quantitative estimate of drug-likeness (QED) is 0.587. The van der Waals surface area contributed by atoms with Crippen LogP contribution in [0.25, 0.3) is 0 Å². The highest BCUT2D eigenvalue weighted by Crippen LogP contribution is 2.36. The van der Waals surface area contributed by atoms with Gasteiger partial charge in [0.25, 0.3) is 0 Å². The molecule has 3 heteroatoms. The molecule has 0 saturated carbocycles. The van der Waals surface area contributed by atoms with E-state index in [1.165, 1.54) is 5.56 Å². The van der Waals surface area contributed by atoms with Gasteiger partial charge >= 0.3 is 0 Å². The smallest absolute Gasteiger partial charge is 0.147 e. The molecular formula is C9H13NOSi. The maximum absolute atomic E-state index is 5.60. The molecule has 0 unspecified atom stereocenters. The SMILES string of the molecule is C[C@@]1(O[SiH3])CCc2cccnc21. The minimum atomic E-state index is -0.0805. The van der Waals surface area contributed by atoms with Crippen molar-refractivity contribution in [3.8, 4) is 0 Å². The van der Waals surface area contributed by atoms with Gasteiger partial charge in [0.05, 0.1) is 11.3 Å². The van der Waals surface area contributed by atoms with Crippen LogP contribution in [-0.2, 0) is 16.4 Å². The van der Waals surface area contributed by atoms with E-state index >= 15 is 0 Å². The molecule has 12 heavy (non-hydrogen) atoms. The van der Waals surface area contributed by atoms with Gasteiger partial charge in [-0.1, -0.05) is 6.07 Å². The summed E-state index contributed by atoms with van der Waals surface area (Å²) in [4.78, 5) is 4.38. The van der Waals surface area contributed by atoms with Crippen LogP contribution in [0.3, 0.4) is 0 Å². The lowest BCUT2D eigenvalue weighted by molar-refractivity contribution is 0.0979. The Kier molecular flexibility index (Phi) is 1.77. The first-order chi connectivity index (χ1) is 5.76. The van der Waals surface area contributed by atoms with Crippen LogP contribution >= 0.6 is 0 Å². The van der Waals surface area contributed by atoms with E-state index in [2.05, 4.69) is 18.0 Å². The second-order valence-electron chi connectivity index (χ2n) is 3.45. The fourth-order valence-corrected chi connectivity index (χ4v) is 2.20. The van der Waals surface area contributed by atoms with Crippen LogP contribution in [0.5, 0.6) is 0 Å². The first-order valence-corrected chi connectivity index (χ1v) is 5.07. The molecule has 2 nitrogen and oxygen atoms in total. The summed E-state index contributed by atoms with van der Waals surface area (Å²) in [6.45, 7) is 2.14. The third kappa shape index (κ3) is 1.01. The predicted octanol–water partition coefficient (Wildman–Crippen LogP) is 0.540. The van der Waals surface area contributed by atoms with E-state index in [0.29, 0.717) is 0 Å². The average Bonchev–Trinajstić information content (AvgIpc) is 2.46. The molecule has 1 aliphatic carbocycles. The van der Waals surface area contributed by atoms with Crippen molar-refractivity contribution < 1.29 is 4.43 Å². The van der Waals surface area contributed by atoms with Crippen molar-refractivity contribution in [2.24, 2.45) is 0 Å². The van der Waals surface area contributed by atoms with Gasteiger partial charge in [0.15, 0.2) is 0 Å². The van der Waals surface area contributed by atoms with E-state index in [-0.39, 0.29) is 5.60 Å². The number of aryl methyl sites for hydroxylation is 1. The van der Waals surface area contributed by atoms with Gasteiger partial charge in [-0.2, -0.15) is 0 Å². The molecule has 0 amide bonds. The van der Waals surface area contributed by atoms with E-state index < -0.39 is 0 Å². The molecule has 0 spiro atoms. The zero-order valence-electron chi connectivity index (χ0n) is 7.50. The summed E-state index contributed by atoms with van der Waals surface area (Å²) < 4.78 is 5.60. The minimum absolute atomic E-state index is 0.0805. The fourth-order valence-electron chi connectivity index (χ4n) is 1.81. The van der Waals surface area contributed by atoms with Gasteiger partial charge in [-0.15, -0.1) is 0 Å². The van der Waals surface area contributed by atoms with Crippen molar-refractivity contribution in [2.45, 2.75) is 25.4 Å². The molecule has 0 bridgehead atoms. The highest BCUT2D eigenvalue weighted by atomic mass is 28.2. The zero-order valence-corrected chi connectivity index (χ0v) is 9.50. The lowest BCUT2D eigenvalue weighted by Crippen LogP contribution is -2.22. The molecule has 1 heterocycles. The number of pyridine rings is 1. The third-order valence-corrected chi connectivity index (χ3v) is 3.62. The van der Waals surface area contributed by atoms with Gasteiger partial charge in [0.2, 0.25) is 0 Å². The fraction of sp³-hybridized carbons (Fsp3) is 0.444. The molecule has 1 aromatic heterocycles. The Morgan fingerprint density at radius 1 is 1.67 bits per heavy atom. The highest BCUT2D eigenvalue weighted by molar-refractivity contribution is 5.98. The van der Waals surface area contributed by atoms with Crippen molar-refractivity contribution in [3.63, 3.8) is 0 Å². The Balaban J connectivity index is 2.49. The number of rotatable bonds is 1. The molecule has 0 aliphatic heterocycles. The molecule has 0 aromatic carbocycles. The van der Waals surface area contributed by atoms with Crippen LogP contribution < -0.4 is 0 Å². The highest BCUT2D eigenvalue weighted by Gasteiger charge is 2.34. The lowest BCUT2D eigenvalue weighted by Gasteiger charge is -2.22. The molecular weight excluding hydrogens is 166 g/mol. The molecule has 0 N–H and O–H groups in total. The topological polar surface area (TPSA) is 22.1 Å². The van der Waals surface area contributed by atoms with Crippen LogP contribution in [0.15, 0.2) is 18.3 Å². The summed E-state index contributed by atoms with van der Waals surface area (Å²) >= 11 is 0. The monoisotopic (exact) mass is 179 g/mol.